The number of rotatable bonds is 5. The summed E-state index contributed by atoms with van der Waals surface area (Å²) in [6.45, 7) is 2.35. The van der Waals surface area contributed by atoms with Gasteiger partial charge in [0.15, 0.2) is 6.20 Å². The molecule has 0 unspecified atom stereocenters. The molecule has 190 valence electrons. The molecule has 2 heterocycles. The largest absolute Gasteiger partial charge is 1.00 e. The SMILES string of the molecule is C[n+]1cc(-c2ccccc2)c(/C=C/c2ccc(N3CCCCC3)cc2)cc1-c1ccc2ccccc2c1.[I-]. The molecule has 1 aliphatic heterocycles. The lowest BCUT2D eigenvalue weighted by atomic mass is 9.97. The monoisotopic (exact) mass is 608 g/mol. The van der Waals surface area contributed by atoms with Crippen LogP contribution in [0.5, 0.6) is 0 Å². The third kappa shape index (κ3) is 5.68. The van der Waals surface area contributed by atoms with Gasteiger partial charge in [-0.2, -0.15) is 0 Å². The maximum absolute atomic E-state index is 2.51. The van der Waals surface area contributed by atoms with Crippen molar-refractivity contribution in [3.8, 4) is 22.4 Å². The van der Waals surface area contributed by atoms with Crippen LogP contribution >= 0.6 is 0 Å². The van der Waals surface area contributed by atoms with E-state index in [1.807, 2.05) is 0 Å². The molecule has 38 heavy (non-hydrogen) atoms. The van der Waals surface area contributed by atoms with Gasteiger partial charge in [0.1, 0.15) is 7.05 Å². The van der Waals surface area contributed by atoms with Gasteiger partial charge < -0.3 is 28.9 Å². The molecule has 2 nitrogen and oxygen atoms in total. The Kier molecular flexibility index (Phi) is 8.23. The van der Waals surface area contributed by atoms with Gasteiger partial charge in [-0.25, -0.2) is 4.57 Å². The van der Waals surface area contributed by atoms with Crippen LogP contribution in [0.2, 0.25) is 0 Å². The average molecular weight is 609 g/mol. The minimum atomic E-state index is 0. The molecular formula is C35H33IN2. The zero-order valence-corrected chi connectivity index (χ0v) is 24.0. The molecule has 3 heteroatoms. The topological polar surface area (TPSA) is 7.12 Å². The van der Waals surface area contributed by atoms with Gasteiger partial charge in [-0.3, -0.25) is 0 Å². The maximum atomic E-state index is 2.51. The van der Waals surface area contributed by atoms with Crippen LogP contribution in [0.1, 0.15) is 30.4 Å². The smallest absolute Gasteiger partial charge is 0.212 e. The molecule has 0 N–H and O–H groups in total. The van der Waals surface area contributed by atoms with Gasteiger partial charge in [0.05, 0.1) is 5.56 Å². The van der Waals surface area contributed by atoms with E-state index >= 15 is 0 Å². The number of halogens is 1. The van der Waals surface area contributed by atoms with Crippen molar-refractivity contribution in [2.75, 3.05) is 18.0 Å². The van der Waals surface area contributed by atoms with E-state index in [1.54, 1.807) is 0 Å². The van der Waals surface area contributed by atoms with E-state index in [-0.39, 0.29) is 24.0 Å². The number of hydrogen-bond acceptors (Lipinski definition) is 1. The number of nitrogens with zero attached hydrogens (tertiary/aromatic N) is 2. The number of anilines is 1. The fourth-order valence-electron chi connectivity index (χ4n) is 5.43. The summed E-state index contributed by atoms with van der Waals surface area (Å²) in [5.74, 6) is 0. The van der Waals surface area contributed by atoms with E-state index in [0.29, 0.717) is 0 Å². The fourth-order valence-corrected chi connectivity index (χ4v) is 5.43. The van der Waals surface area contributed by atoms with Crippen LogP contribution in [-0.4, -0.2) is 13.1 Å². The molecule has 0 spiro atoms. The Labute approximate surface area is 243 Å². The third-order valence-electron chi connectivity index (χ3n) is 7.51. The molecule has 6 rings (SSSR count). The Morgan fingerprint density at radius 3 is 2.13 bits per heavy atom. The predicted octanol–water partition coefficient (Wildman–Crippen LogP) is 5.16. The second-order valence-electron chi connectivity index (χ2n) is 10.0. The van der Waals surface area contributed by atoms with Crippen LogP contribution in [0.3, 0.4) is 0 Å². The van der Waals surface area contributed by atoms with Crippen molar-refractivity contribution in [2.45, 2.75) is 19.3 Å². The first-order valence-electron chi connectivity index (χ1n) is 13.4. The van der Waals surface area contributed by atoms with E-state index in [0.717, 1.165) is 0 Å². The van der Waals surface area contributed by atoms with Gasteiger partial charge >= 0.3 is 0 Å². The van der Waals surface area contributed by atoms with E-state index < -0.39 is 0 Å². The molecule has 1 saturated heterocycles. The number of hydrogen-bond donors (Lipinski definition) is 0. The zero-order valence-electron chi connectivity index (χ0n) is 21.9. The van der Waals surface area contributed by atoms with Crippen molar-refractivity contribution >= 4 is 28.6 Å². The minimum absolute atomic E-state index is 0. The molecule has 0 radical (unpaired) electrons. The van der Waals surface area contributed by atoms with Crippen molar-refractivity contribution in [1.29, 1.82) is 0 Å². The van der Waals surface area contributed by atoms with E-state index in [4.69, 9.17) is 0 Å². The summed E-state index contributed by atoms with van der Waals surface area (Å²) in [4.78, 5) is 2.51. The van der Waals surface area contributed by atoms with Gasteiger partial charge in [0, 0.05) is 30.4 Å². The first kappa shape index (κ1) is 26.2. The summed E-state index contributed by atoms with van der Waals surface area (Å²) >= 11 is 0. The van der Waals surface area contributed by atoms with E-state index in [2.05, 4.69) is 138 Å². The van der Waals surface area contributed by atoms with Crippen LogP contribution < -0.4 is 33.4 Å². The normalized spacial score (nSPS) is 13.6. The highest BCUT2D eigenvalue weighted by atomic mass is 127. The molecule has 0 saturated carbocycles. The molecule has 0 aliphatic carbocycles. The standard InChI is InChI=1S/C35H33N2.HI/c1-36-26-34(29-11-4-2-5-12-29)31(25-35(36)32-19-18-28-10-6-7-13-30(28)24-32)17-14-27-15-20-33(21-16-27)37-22-8-3-9-23-37;/h2,4-7,10-21,24-26H,3,8-9,22-23H2,1H3;1H/q+1;/p-1. The second-order valence-corrected chi connectivity index (χ2v) is 10.0. The van der Waals surface area contributed by atoms with E-state index in [1.165, 1.54) is 82.3 Å². The summed E-state index contributed by atoms with van der Waals surface area (Å²) in [6.07, 6.45) is 10.7. The average Bonchev–Trinajstić information content (AvgIpc) is 2.97. The number of piperidine rings is 1. The number of benzene rings is 4. The lowest BCUT2D eigenvalue weighted by Gasteiger charge is -2.28. The van der Waals surface area contributed by atoms with Crippen LogP contribution in [0.4, 0.5) is 5.69 Å². The minimum Gasteiger partial charge on any atom is -1.00 e. The lowest BCUT2D eigenvalue weighted by molar-refractivity contribution is -0.659. The second kappa shape index (κ2) is 12.0. The van der Waals surface area contributed by atoms with Gasteiger partial charge in [-0.15, -0.1) is 0 Å². The van der Waals surface area contributed by atoms with Crippen LogP contribution in [-0.2, 0) is 7.05 Å². The van der Waals surface area contributed by atoms with Crippen molar-refractivity contribution in [3.63, 3.8) is 0 Å². The number of aromatic nitrogens is 1. The fraction of sp³-hybridized carbons (Fsp3) is 0.171. The Morgan fingerprint density at radius 1 is 0.658 bits per heavy atom. The molecule has 1 aliphatic rings. The van der Waals surface area contributed by atoms with Crippen molar-refractivity contribution < 1.29 is 28.5 Å². The number of aryl methyl sites for hydroxylation is 1. The Morgan fingerprint density at radius 2 is 1.37 bits per heavy atom. The van der Waals surface area contributed by atoms with Gasteiger partial charge in [0.2, 0.25) is 5.69 Å². The third-order valence-corrected chi connectivity index (χ3v) is 7.51. The molecular weight excluding hydrogens is 575 g/mol. The summed E-state index contributed by atoms with van der Waals surface area (Å²) in [6, 6.07) is 37.3. The number of pyridine rings is 1. The highest BCUT2D eigenvalue weighted by Crippen LogP contribution is 2.29. The summed E-state index contributed by atoms with van der Waals surface area (Å²) in [5.41, 5.74) is 8.66. The van der Waals surface area contributed by atoms with Gasteiger partial charge in [0.25, 0.3) is 0 Å². The predicted molar refractivity (Wildman–Crippen MR) is 157 cm³/mol. The first-order chi connectivity index (χ1) is 18.2. The molecule has 0 amide bonds. The van der Waals surface area contributed by atoms with Crippen molar-refractivity contribution in [3.05, 3.63) is 120 Å². The van der Waals surface area contributed by atoms with Crippen LogP contribution in [0.15, 0.2) is 109 Å². The molecule has 1 fully saturated rings. The lowest BCUT2D eigenvalue weighted by Crippen LogP contribution is -3.00. The molecule has 0 atom stereocenters. The van der Waals surface area contributed by atoms with Gasteiger partial charge in [-0.1, -0.05) is 84.9 Å². The number of fused-ring (bicyclic) bond motifs is 1. The Hall–Kier alpha value is -3.44. The van der Waals surface area contributed by atoms with E-state index in [9.17, 15) is 0 Å². The highest BCUT2D eigenvalue weighted by molar-refractivity contribution is 5.87. The van der Waals surface area contributed by atoms with Crippen LogP contribution in [0.25, 0.3) is 45.3 Å². The first-order valence-corrected chi connectivity index (χ1v) is 13.4. The quantitative estimate of drug-likeness (QED) is 0.198. The van der Waals surface area contributed by atoms with Crippen LogP contribution in [0, 0.1) is 0 Å². The van der Waals surface area contributed by atoms with Crippen molar-refractivity contribution in [1.82, 2.24) is 0 Å². The van der Waals surface area contributed by atoms with Gasteiger partial charge in [-0.05, 0) is 71.0 Å². The Balaban J connectivity index is 0.00000294. The summed E-state index contributed by atoms with van der Waals surface area (Å²) < 4.78 is 2.25. The molecule has 0 bridgehead atoms. The highest BCUT2D eigenvalue weighted by Gasteiger charge is 2.16. The maximum Gasteiger partial charge on any atom is 0.212 e. The summed E-state index contributed by atoms with van der Waals surface area (Å²) in [7, 11) is 2.14. The molecule has 5 aromatic rings. The molecule has 1 aromatic heterocycles. The molecule has 4 aromatic carbocycles. The zero-order chi connectivity index (χ0) is 25.0. The Bertz CT molecular complexity index is 1550. The van der Waals surface area contributed by atoms with Crippen molar-refractivity contribution in [2.24, 2.45) is 7.05 Å². The summed E-state index contributed by atoms with van der Waals surface area (Å²) in [5, 5.41) is 2.53.